The SMILES string of the molecule is CCCOc1cccc(C(O)C(C)CC(=O)OC)c1. The lowest BCUT2D eigenvalue weighted by molar-refractivity contribution is -0.142. The van der Waals surface area contributed by atoms with Gasteiger partial charge < -0.3 is 14.6 Å². The van der Waals surface area contributed by atoms with Crippen molar-refractivity contribution in [2.75, 3.05) is 13.7 Å². The smallest absolute Gasteiger partial charge is 0.305 e. The third-order valence-corrected chi connectivity index (χ3v) is 2.93. The van der Waals surface area contributed by atoms with Crippen LogP contribution in [0.2, 0.25) is 0 Å². The molecule has 0 aliphatic rings. The Morgan fingerprint density at radius 1 is 1.42 bits per heavy atom. The van der Waals surface area contributed by atoms with Gasteiger partial charge in [0.05, 0.1) is 26.2 Å². The van der Waals surface area contributed by atoms with Crippen LogP contribution in [-0.2, 0) is 9.53 Å². The molecule has 0 aliphatic heterocycles. The minimum Gasteiger partial charge on any atom is -0.494 e. The zero-order valence-corrected chi connectivity index (χ0v) is 11.8. The van der Waals surface area contributed by atoms with Gasteiger partial charge in [-0.05, 0) is 30.0 Å². The van der Waals surface area contributed by atoms with E-state index < -0.39 is 6.10 Å². The minimum atomic E-state index is -0.704. The largest absolute Gasteiger partial charge is 0.494 e. The predicted octanol–water partition coefficient (Wildman–Crippen LogP) is 2.71. The number of benzene rings is 1. The molecular weight excluding hydrogens is 244 g/mol. The molecule has 0 amide bonds. The number of carbonyl (C=O) groups excluding carboxylic acids is 1. The molecule has 19 heavy (non-hydrogen) atoms. The number of aliphatic hydroxyl groups excluding tert-OH is 1. The first kappa shape index (κ1) is 15.5. The van der Waals surface area contributed by atoms with E-state index in [4.69, 9.17) is 4.74 Å². The summed E-state index contributed by atoms with van der Waals surface area (Å²) in [6, 6.07) is 7.34. The number of carbonyl (C=O) groups is 1. The van der Waals surface area contributed by atoms with E-state index in [1.807, 2.05) is 38.1 Å². The number of ether oxygens (including phenoxy) is 2. The monoisotopic (exact) mass is 266 g/mol. The van der Waals surface area contributed by atoms with Gasteiger partial charge in [-0.25, -0.2) is 0 Å². The van der Waals surface area contributed by atoms with Crippen molar-refractivity contribution in [3.63, 3.8) is 0 Å². The number of esters is 1. The summed E-state index contributed by atoms with van der Waals surface area (Å²) < 4.78 is 10.1. The summed E-state index contributed by atoms with van der Waals surface area (Å²) in [5.74, 6) is 0.225. The second kappa shape index (κ2) is 7.79. The van der Waals surface area contributed by atoms with Crippen LogP contribution in [0.1, 0.15) is 38.4 Å². The third kappa shape index (κ3) is 4.91. The summed E-state index contributed by atoms with van der Waals surface area (Å²) in [5, 5.41) is 10.2. The van der Waals surface area contributed by atoms with E-state index in [-0.39, 0.29) is 18.3 Å². The fraction of sp³-hybridized carbons (Fsp3) is 0.533. The summed E-state index contributed by atoms with van der Waals surface area (Å²) in [6.07, 6.45) is 0.424. The molecule has 1 N–H and O–H groups in total. The molecule has 2 atom stereocenters. The summed E-state index contributed by atoms with van der Waals surface area (Å²) in [4.78, 5) is 11.2. The Bertz CT molecular complexity index is 403. The first-order chi connectivity index (χ1) is 9.08. The van der Waals surface area contributed by atoms with Gasteiger partial charge in [0.1, 0.15) is 5.75 Å². The van der Waals surface area contributed by atoms with Crippen LogP contribution < -0.4 is 4.74 Å². The molecule has 0 fully saturated rings. The lowest BCUT2D eigenvalue weighted by Gasteiger charge is -2.18. The molecule has 0 saturated heterocycles. The second-order valence-electron chi connectivity index (χ2n) is 4.62. The van der Waals surface area contributed by atoms with Crippen molar-refractivity contribution in [3.8, 4) is 5.75 Å². The van der Waals surface area contributed by atoms with Crippen LogP contribution in [0.3, 0.4) is 0 Å². The lowest BCUT2D eigenvalue weighted by Crippen LogP contribution is -2.15. The van der Waals surface area contributed by atoms with E-state index in [0.717, 1.165) is 17.7 Å². The summed E-state index contributed by atoms with van der Waals surface area (Å²) in [6.45, 7) is 4.51. The highest BCUT2D eigenvalue weighted by molar-refractivity contribution is 5.69. The summed E-state index contributed by atoms with van der Waals surface area (Å²) >= 11 is 0. The average Bonchev–Trinajstić information content (AvgIpc) is 2.44. The van der Waals surface area contributed by atoms with E-state index >= 15 is 0 Å². The van der Waals surface area contributed by atoms with E-state index in [1.165, 1.54) is 7.11 Å². The zero-order valence-electron chi connectivity index (χ0n) is 11.8. The molecule has 0 radical (unpaired) electrons. The van der Waals surface area contributed by atoms with E-state index in [1.54, 1.807) is 0 Å². The van der Waals surface area contributed by atoms with Gasteiger partial charge in [0.2, 0.25) is 0 Å². The molecule has 1 aromatic rings. The van der Waals surface area contributed by atoms with Gasteiger partial charge in [0.25, 0.3) is 0 Å². The van der Waals surface area contributed by atoms with Crippen LogP contribution in [0.4, 0.5) is 0 Å². The van der Waals surface area contributed by atoms with Crippen LogP contribution in [0.15, 0.2) is 24.3 Å². The highest BCUT2D eigenvalue weighted by Crippen LogP contribution is 2.27. The summed E-state index contributed by atoms with van der Waals surface area (Å²) in [7, 11) is 1.35. The average molecular weight is 266 g/mol. The maximum absolute atomic E-state index is 11.2. The zero-order chi connectivity index (χ0) is 14.3. The lowest BCUT2D eigenvalue weighted by atomic mass is 9.94. The predicted molar refractivity (Wildman–Crippen MR) is 73.0 cm³/mol. The van der Waals surface area contributed by atoms with Crippen LogP contribution in [0.25, 0.3) is 0 Å². The number of hydrogen-bond donors (Lipinski definition) is 1. The molecular formula is C15H22O4. The van der Waals surface area contributed by atoms with Crippen molar-refractivity contribution in [2.24, 2.45) is 5.92 Å². The number of aliphatic hydroxyl groups is 1. The van der Waals surface area contributed by atoms with Gasteiger partial charge >= 0.3 is 5.97 Å². The molecule has 2 unspecified atom stereocenters. The molecule has 1 rings (SSSR count). The van der Waals surface area contributed by atoms with Crippen LogP contribution >= 0.6 is 0 Å². The minimum absolute atomic E-state index is 0.192. The summed E-state index contributed by atoms with van der Waals surface area (Å²) in [5.41, 5.74) is 0.755. The molecule has 1 aromatic carbocycles. The Morgan fingerprint density at radius 3 is 2.79 bits per heavy atom. The highest BCUT2D eigenvalue weighted by atomic mass is 16.5. The maximum Gasteiger partial charge on any atom is 0.305 e. The van der Waals surface area contributed by atoms with Crippen molar-refractivity contribution < 1.29 is 19.4 Å². The van der Waals surface area contributed by atoms with Crippen molar-refractivity contribution in [2.45, 2.75) is 32.8 Å². The number of methoxy groups -OCH3 is 1. The fourth-order valence-electron chi connectivity index (χ4n) is 1.79. The molecule has 4 heteroatoms. The van der Waals surface area contributed by atoms with Gasteiger partial charge in [-0.3, -0.25) is 4.79 Å². The quantitative estimate of drug-likeness (QED) is 0.771. The topological polar surface area (TPSA) is 55.8 Å². The van der Waals surface area contributed by atoms with E-state index in [0.29, 0.717) is 6.61 Å². The van der Waals surface area contributed by atoms with Gasteiger partial charge in [-0.15, -0.1) is 0 Å². The van der Waals surface area contributed by atoms with Gasteiger partial charge in [0.15, 0.2) is 0 Å². The van der Waals surface area contributed by atoms with Gasteiger partial charge in [-0.2, -0.15) is 0 Å². The molecule has 0 aliphatic carbocycles. The Labute approximate surface area is 114 Å². The fourth-order valence-corrected chi connectivity index (χ4v) is 1.79. The van der Waals surface area contributed by atoms with Crippen LogP contribution in [0, 0.1) is 5.92 Å². The second-order valence-corrected chi connectivity index (χ2v) is 4.62. The number of rotatable bonds is 7. The van der Waals surface area contributed by atoms with Crippen LogP contribution in [0.5, 0.6) is 5.75 Å². The normalized spacial score (nSPS) is 13.7. The van der Waals surface area contributed by atoms with Crippen molar-refractivity contribution in [1.29, 1.82) is 0 Å². The van der Waals surface area contributed by atoms with Crippen LogP contribution in [-0.4, -0.2) is 24.8 Å². The molecule has 0 heterocycles. The van der Waals surface area contributed by atoms with E-state index in [9.17, 15) is 9.90 Å². The van der Waals surface area contributed by atoms with Gasteiger partial charge in [0, 0.05) is 0 Å². The van der Waals surface area contributed by atoms with Gasteiger partial charge in [-0.1, -0.05) is 26.0 Å². The molecule has 4 nitrogen and oxygen atoms in total. The highest BCUT2D eigenvalue weighted by Gasteiger charge is 2.20. The maximum atomic E-state index is 11.2. The first-order valence-corrected chi connectivity index (χ1v) is 6.56. The third-order valence-electron chi connectivity index (χ3n) is 2.93. The Morgan fingerprint density at radius 2 is 2.16 bits per heavy atom. The molecule has 106 valence electrons. The molecule has 0 aromatic heterocycles. The Hall–Kier alpha value is -1.55. The first-order valence-electron chi connectivity index (χ1n) is 6.56. The molecule has 0 saturated carbocycles. The van der Waals surface area contributed by atoms with Crippen molar-refractivity contribution in [1.82, 2.24) is 0 Å². The number of hydrogen-bond acceptors (Lipinski definition) is 4. The van der Waals surface area contributed by atoms with Crippen molar-refractivity contribution >= 4 is 5.97 Å². The standard InChI is InChI=1S/C15H22O4/c1-4-8-19-13-7-5-6-12(10-13)15(17)11(2)9-14(16)18-3/h5-7,10-11,15,17H,4,8-9H2,1-3H3. The Balaban J connectivity index is 2.69. The Kier molecular flexibility index (Phi) is 6.36. The molecule has 0 spiro atoms. The molecule has 0 bridgehead atoms. The van der Waals surface area contributed by atoms with Crippen molar-refractivity contribution in [3.05, 3.63) is 29.8 Å². The van der Waals surface area contributed by atoms with E-state index in [2.05, 4.69) is 4.74 Å².